The summed E-state index contributed by atoms with van der Waals surface area (Å²) in [6.45, 7) is 6.53. The Hall–Kier alpha value is -0.200. The predicted octanol–water partition coefficient (Wildman–Crippen LogP) is 3.01. The van der Waals surface area contributed by atoms with E-state index in [-0.39, 0.29) is 5.41 Å². The highest BCUT2D eigenvalue weighted by Gasteiger charge is 2.37. The van der Waals surface area contributed by atoms with E-state index in [4.69, 9.17) is 9.51 Å². The van der Waals surface area contributed by atoms with Crippen LogP contribution in [0.2, 0.25) is 0 Å². The van der Waals surface area contributed by atoms with Crippen molar-refractivity contribution in [1.82, 2.24) is 15.5 Å². The molecule has 1 aromatic rings. The van der Waals surface area contributed by atoms with Gasteiger partial charge in [0.15, 0.2) is 5.82 Å². The lowest BCUT2D eigenvalue weighted by Crippen LogP contribution is -2.41. The van der Waals surface area contributed by atoms with Crippen molar-refractivity contribution < 1.29 is 4.52 Å². The minimum atomic E-state index is 0.0116. The van der Waals surface area contributed by atoms with E-state index in [2.05, 4.69) is 36.1 Å². The SMILES string of the molecule is CCC1SCCSC1c1noc(C2(C)CCCNC2)n1. The molecule has 6 heteroatoms. The summed E-state index contributed by atoms with van der Waals surface area (Å²) < 4.78 is 5.63. The third-order valence-corrected chi connectivity index (χ3v) is 7.50. The number of hydrogen-bond acceptors (Lipinski definition) is 6. The first kappa shape index (κ1) is 14.7. The lowest BCUT2D eigenvalue weighted by molar-refractivity contribution is 0.244. The van der Waals surface area contributed by atoms with Crippen molar-refractivity contribution in [3.8, 4) is 0 Å². The van der Waals surface area contributed by atoms with Crippen molar-refractivity contribution in [2.45, 2.75) is 49.0 Å². The largest absolute Gasteiger partial charge is 0.339 e. The average Bonchev–Trinajstić information content (AvgIpc) is 2.98. The summed E-state index contributed by atoms with van der Waals surface area (Å²) in [6, 6.07) is 0. The molecule has 0 bridgehead atoms. The summed E-state index contributed by atoms with van der Waals surface area (Å²) in [5.74, 6) is 4.17. The number of nitrogens with zero attached hydrogens (tertiary/aromatic N) is 2. The molecule has 4 nitrogen and oxygen atoms in total. The van der Waals surface area contributed by atoms with Gasteiger partial charge in [0.1, 0.15) is 0 Å². The van der Waals surface area contributed by atoms with Gasteiger partial charge in [-0.3, -0.25) is 0 Å². The zero-order chi connectivity index (χ0) is 14.0. The van der Waals surface area contributed by atoms with E-state index in [9.17, 15) is 0 Å². The fourth-order valence-electron chi connectivity index (χ4n) is 2.98. The van der Waals surface area contributed by atoms with Gasteiger partial charge in [0.25, 0.3) is 0 Å². The fraction of sp³-hybridized carbons (Fsp3) is 0.857. The Balaban J connectivity index is 1.78. The number of hydrogen-bond donors (Lipinski definition) is 1. The number of rotatable bonds is 3. The molecule has 0 aliphatic carbocycles. The van der Waals surface area contributed by atoms with Crippen molar-refractivity contribution in [1.29, 1.82) is 0 Å². The van der Waals surface area contributed by atoms with Gasteiger partial charge in [-0.2, -0.15) is 16.7 Å². The number of aromatic nitrogens is 2. The summed E-state index contributed by atoms with van der Waals surface area (Å²) >= 11 is 4.04. The Kier molecular flexibility index (Phi) is 4.62. The molecule has 3 atom stereocenters. The smallest absolute Gasteiger partial charge is 0.233 e. The van der Waals surface area contributed by atoms with Crippen LogP contribution < -0.4 is 5.32 Å². The van der Waals surface area contributed by atoms with Gasteiger partial charge in [0.2, 0.25) is 5.89 Å². The van der Waals surface area contributed by atoms with Crippen LogP contribution in [0.3, 0.4) is 0 Å². The number of piperidine rings is 1. The maximum absolute atomic E-state index is 5.63. The van der Waals surface area contributed by atoms with Crippen LogP contribution in [0.5, 0.6) is 0 Å². The van der Waals surface area contributed by atoms with E-state index in [0.29, 0.717) is 10.5 Å². The van der Waals surface area contributed by atoms with Gasteiger partial charge >= 0.3 is 0 Å². The second-order valence-corrected chi connectivity index (χ2v) is 8.50. The fourth-order valence-corrected chi connectivity index (χ4v) is 5.96. The van der Waals surface area contributed by atoms with Gasteiger partial charge < -0.3 is 9.84 Å². The Morgan fingerprint density at radius 2 is 2.25 bits per heavy atom. The maximum Gasteiger partial charge on any atom is 0.233 e. The Bertz CT molecular complexity index is 445. The molecular formula is C14H23N3OS2. The van der Waals surface area contributed by atoms with Crippen LogP contribution in [0, 0.1) is 0 Å². The highest BCUT2D eigenvalue weighted by molar-refractivity contribution is 8.06. The first-order chi connectivity index (χ1) is 9.73. The molecule has 3 heterocycles. The standard InChI is InChI=1S/C14H23N3OS2/c1-3-10-11(20-8-7-19-10)12-16-13(18-17-12)14(2)5-4-6-15-9-14/h10-11,15H,3-9H2,1-2H3. The van der Waals surface area contributed by atoms with E-state index in [0.717, 1.165) is 31.2 Å². The molecule has 0 spiro atoms. The van der Waals surface area contributed by atoms with E-state index in [1.165, 1.54) is 24.3 Å². The first-order valence-corrected chi connectivity index (χ1v) is 9.61. The molecule has 0 aromatic carbocycles. The molecule has 2 fully saturated rings. The van der Waals surface area contributed by atoms with Gasteiger partial charge in [0.05, 0.1) is 10.7 Å². The Morgan fingerprint density at radius 1 is 1.40 bits per heavy atom. The number of nitrogens with one attached hydrogen (secondary N) is 1. The highest BCUT2D eigenvalue weighted by Crippen LogP contribution is 2.43. The molecule has 2 aliphatic rings. The van der Waals surface area contributed by atoms with Gasteiger partial charge in [-0.15, -0.1) is 11.8 Å². The molecule has 2 aliphatic heterocycles. The monoisotopic (exact) mass is 313 g/mol. The lowest BCUT2D eigenvalue weighted by Gasteiger charge is -2.30. The summed E-state index contributed by atoms with van der Waals surface area (Å²) in [4.78, 5) is 4.78. The van der Waals surface area contributed by atoms with E-state index < -0.39 is 0 Å². The third-order valence-electron chi connectivity index (χ3n) is 4.26. The van der Waals surface area contributed by atoms with Gasteiger partial charge in [0, 0.05) is 23.3 Å². The van der Waals surface area contributed by atoms with E-state index in [1.807, 2.05) is 11.8 Å². The molecule has 2 saturated heterocycles. The molecule has 0 radical (unpaired) electrons. The van der Waals surface area contributed by atoms with Crippen LogP contribution in [0.4, 0.5) is 0 Å². The Morgan fingerprint density at radius 3 is 3.00 bits per heavy atom. The molecule has 3 unspecified atom stereocenters. The molecular weight excluding hydrogens is 290 g/mol. The average molecular weight is 313 g/mol. The molecule has 0 amide bonds. The lowest BCUT2D eigenvalue weighted by atomic mass is 9.83. The third kappa shape index (κ3) is 2.88. The van der Waals surface area contributed by atoms with Gasteiger partial charge in [-0.05, 0) is 32.7 Å². The minimum Gasteiger partial charge on any atom is -0.339 e. The van der Waals surface area contributed by atoms with Crippen LogP contribution in [0.15, 0.2) is 4.52 Å². The van der Waals surface area contributed by atoms with Crippen LogP contribution in [0.1, 0.15) is 50.1 Å². The van der Waals surface area contributed by atoms with E-state index in [1.54, 1.807) is 0 Å². The van der Waals surface area contributed by atoms with Gasteiger partial charge in [-0.1, -0.05) is 12.1 Å². The molecule has 3 rings (SSSR count). The molecule has 20 heavy (non-hydrogen) atoms. The Labute approximate surface area is 129 Å². The summed E-state index contributed by atoms with van der Waals surface area (Å²) in [5.41, 5.74) is 0.0116. The van der Waals surface area contributed by atoms with Crippen molar-refractivity contribution >= 4 is 23.5 Å². The topological polar surface area (TPSA) is 51.0 Å². The summed E-state index contributed by atoms with van der Waals surface area (Å²) in [7, 11) is 0. The van der Waals surface area contributed by atoms with Crippen molar-refractivity contribution in [3.05, 3.63) is 11.7 Å². The van der Waals surface area contributed by atoms with Crippen molar-refractivity contribution in [2.24, 2.45) is 0 Å². The summed E-state index contributed by atoms with van der Waals surface area (Å²) in [6.07, 6.45) is 3.48. The van der Waals surface area contributed by atoms with Crippen molar-refractivity contribution in [2.75, 3.05) is 24.6 Å². The van der Waals surface area contributed by atoms with E-state index >= 15 is 0 Å². The van der Waals surface area contributed by atoms with Crippen LogP contribution in [0.25, 0.3) is 0 Å². The van der Waals surface area contributed by atoms with Crippen LogP contribution in [-0.4, -0.2) is 40.0 Å². The highest BCUT2D eigenvalue weighted by atomic mass is 32.2. The second-order valence-electron chi connectivity index (χ2n) is 5.91. The molecule has 1 N–H and O–H groups in total. The summed E-state index contributed by atoms with van der Waals surface area (Å²) in [5, 5.41) is 8.78. The quantitative estimate of drug-likeness (QED) is 0.926. The molecule has 1 aromatic heterocycles. The van der Waals surface area contributed by atoms with Crippen molar-refractivity contribution in [3.63, 3.8) is 0 Å². The minimum absolute atomic E-state index is 0.0116. The van der Waals surface area contributed by atoms with Gasteiger partial charge in [-0.25, -0.2) is 0 Å². The normalized spacial score (nSPS) is 35.1. The maximum atomic E-state index is 5.63. The van der Waals surface area contributed by atoms with Crippen LogP contribution in [-0.2, 0) is 5.41 Å². The second kappa shape index (κ2) is 6.28. The predicted molar refractivity (Wildman–Crippen MR) is 85.5 cm³/mol. The zero-order valence-corrected chi connectivity index (χ0v) is 13.9. The van der Waals surface area contributed by atoms with Crippen LogP contribution >= 0.6 is 23.5 Å². The zero-order valence-electron chi connectivity index (χ0n) is 12.2. The number of thioether (sulfide) groups is 2. The molecule has 112 valence electrons. The molecule has 0 saturated carbocycles. The first-order valence-electron chi connectivity index (χ1n) is 7.51.